The zero-order chi connectivity index (χ0) is 15.7. The van der Waals surface area contributed by atoms with Crippen molar-refractivity contribution in [3.05, 3.63) is 0 Å². The summed E-state index contributed by atoms with van der Waals surface area (Å²) < 4.78 is 4.59. The number of hydrogen-bond acceptors (Lipinski definition) is 5. The van der Waals surface area contributed by atoms with Crippen LogP contribution in [0.2, 0.25) is 0 Å². The first kappa shape index (κ1) is 17.4. The summed E-state index contributed by atoms with van der Waals surface area (Å²) >= 11 is 0. The number of aliphatic carboxylic acids is 1. The number of nitrogens with one attached hydrogen (secondary N) is 2. The van der Waals surface area contributed by atoms with E-state index < -0.39 is 31.1 Å². The number of carbonyl (C=O) groups excluding carboxylic acids is 2. The maximum absolute atomic E-state index is 11.6. The molecule has 1 aliphatic rings. The average Bonchev–Trinajstić information content (AvgIpc) is 2.40. The fourth-order valence-electron chi connectivity index (χ4n) is 2.23. The molecule has 0 aromatic heterocycles. The van der Waals surface area contributed by atoms with Crippen molar-refractivity contribution in [1.82, 2.24) is 15.5 Å². The molecular formula is C13H23N3O5. The highest BCUT2D eigenvalue weighted by Crippen LogP contribution is 2.10. The van der Waals surface area contributed by atoms with Crippen molar-refractivity contribution >= 4 is 17.9 Å². The zero-order valence-electron chi connectivity index (χ0n) is 12.3. The lowest BCUT2D eigenvalue weighted by molar-refractivity contribution is -0.143. The van der Waals surface area contributed by atoms with Gasteiger partial charge in [-0.2, -0.15) is 0 Å². The summed E-state index contributed by atoms with van der Waals surface area (Å²) in [6.07, 6.45) is 2.83. The van der Waals surface area contributed by atoms with Gasteiger partial charge in [-0.15, -0.1) is 0 Å². The molecule has 0 atom stereocenters. The van der Waals surface area contributed by atoms with Crippen LogP contribution in [0.4, 0.5) is 4.79 Å². The van der Waals surface area contributed by atoms with Crippen LogP contribution in [0.15, 0.2) is 0 Å². The summed E-state index contributed by atoms with van der Waals surface area (Å²) in [5, 5.41) is 13.2. The van der Waals surface area contributed by atoms with Gasteiger partial charge in [-0.3, -0.25) is 10.1 Å². The maximum Gasteiger partial charge on any atom is 0.329 e. The van der Waals surface area contributed by atoms with E-state index in [1.807, 2.05) is 0 Å². The van der Waals surface area contributed by atoms with Crippen LogP contribution in [-0.2, 0) is 14.3 Å². The first-order chi connectivity index (χ1) is 10.0. The zero-order valence-corrected chi connectivity index (χ0v) is 12.3. The van der Waals surface area contributed by atoms with E-state index in [2.05, 4.69) is 27.2 Å². The van der Waals surface area contributed by atoms with Gasteiger partial charge < -0.3 is 20.1 Å². The van der Waals surface area contributed by atoms with Crippen LogP contribution >= 0.6 is 0 Å². The summed E-state index contributed by atoms with van der Waals surface area (Å²) in [6, 6.07) is -0.501. The number of amides is 3. The first-order valence-electron chi connectivity index (χ1n) is 7.13. The molecule has 0 aliphatic carbocycles. The normalized spacial score (nSPS) is 16.4. The number of urea groups is 1. The Balaban J connectivity index is 2.16. The second-order valence-corrected chi connectivity index (χ2v) is 5.02. The lowest BCUT2D eigenvalue weighted by atomic mass is 10.1. The molecule has 8 heteroatoms. The van der Waals surface area contributed by atoms with Gasteiger partial charge in [0.15, 0.2) is 0 Å². The summed E-state index contributed by atoms with van der Waals surface area (Å²) in [6.45, 7) is 4.07. The Morgan fingerprint density at radius 1 is 1.24 bits per heavy atom. The van der Waals surface area contributed by atoms with Crippen LogP contribution in [0, 0.1) is 0 Å². The molecule has 0 aromatic carbocycles. The van der Waals surface area contributed by atoms with Gasteiger partial charge in [-0.05, 0) is 25.8 Å². The molecule has 0 saturated carbocycles. The SMILES string of the molecule is CCCN1CCC(NC(=O)NC(=O)COCC(=O)O)CC1. The Kier molecular flexibility index (Phi) is 7.70. The summed E-state index contributed by atoms with van der Waals surface area (Å²) in [7, 11) is 0. The highest BCUT2D eigenvalue weighted by atomic mass is 16.5. The number of carboxylic acid groups (broad SMARTS) is 1. The Morgan fingerprint density at radius 2 is 1.90 bits per heavy atom. The molecular weight excluding hydrogens is 278 g/mol. The largest absolute Gasteiger partial charge is 0.480 e. The van der Waals surface area contributed by atoms with Crippen molar-refractivity contribution in [3.63, 3.8) is 0 Å². The summed E-state index contributed by atoms with van der Waals surface area (Å²) in [4.78, 5) is 35.5. The molecule has 120 valence electrons. The highest BCUT2D eigenvalue weighted by Gasteiger charge is 2.20. The fourth-order valence-corrected chi connectivity index (χ4v) is 2.23. The molecule has 0 bridgehead atoms. The van der Waals surface area contributed by atoms with Gasteiger partial charge in [0.2, 0.25) is 0 Å². The maximum atomic E-state index is 11.6. The van der Waals surface area contributed by atoms with Crippen LogP contribution in [0.3, 0.4) is 0 Å². The molecule has 1 saturated heterocycles. The van der Waals surface area contributed by atoms with Gasteiger partial charge in [-0.25, -0.2) is 9.59 Å². The summed E-state index contributed by atoms with van der Waals surface area (Å²) in [5.74, 6) is -1.82. The second-order valence-electron chi connectivity index (χ2n) is 5.02. The lowest BCUT2D eigenvalue weighted by Crippen LogP contribution is -2.49. The number of rotatable bonds is 7. The van der Waals surface area contributed by atoms with Gasteiger partial charge in [0.25, 0.3) is 5.91 Å². The molecule has 0 aromatic rings. The van der Waals surface area contributed by atoms with E-state index in [-0.39, 0.29) is 6.04 Å². The van der Waals surface area contributed by atoms with E-state index in [9.17, 15) is 14.4 Å². The van der Waals surface area contributed by atoms with Crippen LogP contribution in [0.25, 0.3) is 0 Å². The van der Waals surface area contributed by atoms with Gasteiger partial charge >= 0.3 is 12.0 Å². The molecule has 1 rings (SSSR count). The van der Waals surface area contributed by atoms with Gasteiger partial charge in [0, 0.05) is 19.1 Å². The molecule has 1 heterocycles. The molecule has 0 spiro atoms. The standard InChI is InChI=1S/C13H23N3O5/c1-2-5-16-6-3-10(4-7-16)14-13(20)15-11(17)8-21-9-12(18)19/h10H,2-9H2,1H3,(H,18,19)(H2,14,15,17,20). The summed E-state index contributed by atoms with van der Waals surface area (Å²) in [5.41, 5.74) is 0. The third-order valence-electron chi connectivity index (χ3n) is 3.17. The minimum absolute atomic E-state index is 0.0610. The monoisotopic (exact) mass is 301 g/mol. The molecule has 3 N–H and O–H groups in total. The smallest absolute Gasteiger partial charge is 0.329 e. The van der Waals surface area contributed by atoms with Gasteiger partial charge in [0.1, 0.15) is 13.2 Å². The van der Waals surface area contributed by atoms with Crippen LogP contribution in [0.5, 0.6) is 0 Å². The van der Waals surface area contributed by atoms with E-state index >= 15 is 0 Å². The van der Waals surface area contributed by atoms with Crippen molar-refractivity contribution in [2.45, 2.75) is 32.2 Å². The number of nitrogens with zero attached hydrogens (tertiary/aromatic N) is 1. The molecule has 1 fully saturated rings. The van der Waals surface area contributed by atoms with Crippen molar-refractivity contribution in [2.75, 3.05) is 32.8 Å². The van der Waals surface area contributed by atoms with E-state index in [0.717, 1.165) is 38.9 Å². The highest BCUT2D eigenvalue weighted by molar-refractivity contribution is 5.95. The Morgan fingerprint density at radius 3 is 2.48 bits per heavy atom. The number of carboxylic acids is 1. The van der Waals surface area contributed by atoms with Crippen LogP contribution < -0.4 is 10.6 Å². The Bertz CT molecular complexity index is 367. The average molecular weight is 301 g/mol. The second kappa shape index (κ2) is 9.30. The number of ether oxygens (including phenoxy) is 1. The Labute approximate surface area is 123 Å². The number of likely N-dealkylation sites (tertiary alicyclic amines) is 1. The van der Waals surface area contributed by atoms with Crippen LogP contribution in [0.1, 0.15) is 26.2 Å². The predicted octanol–water partition coefficient (Wildman–Crippen LogP) is -0.212. The van der Waals surface area contributed by atoms with Crippen molar-refractivity contribution in [1.29, 1.82) is 0 Å². The lowest BCUT2D eigenvalue weighted by Gasteiger charge is -2.31. The van der Waals surface area contributed by atoms with E-state index in [0.29, 0.717) is 0 Å². The molecule has 0 unspecified atom stereocenters. The molecule has 1 aliphatic heterocycles. The third-order valence-corrected chi connectivity index (χ3v) is 3.17. The Hall–Kier alpha value is -1.67. The van der Waals surface area contributed by atoms with E-state index in [1.165, 1.54) is 0 Å². The van der Waals surface area contributed by atoms with E-state index in [4.69, 9.17) is 5.11 Å². The molecule has 3 amide bonds. The first-order valence-corrected chi connectivity index (χ1v) is 7.13. The molecule has 8 nitrogen and oxygen atoms in total. The van der Waals surface area contributed by atoms with Crippen LogP contribution in [-0.4, -0.2) is 66.8 Å². The molecule has 0 radical (unpaired) electrons. The number of piperidine rings is 1. The molecule has 21 heavy (non-hydrogen) atoms. The minimum Gasteiger partial charge on any atom is -0.480 e. The van der Waals surface area contributed by atoms with Gasteiger partial charge in [-0.1, -0.05) is 6.92 Å². The fraction of sp³-hybridized carbons (Fsp3) is 0.769. The topological polar surface area (TPSA) is 108 Å². The number of carbonyl (C=O) groups is 3. The van der Waals surface area contributed by atoms with Gasteiger partial charge in [0.05, 0.1) is 0 Å². The predicted molar refractivity (Wildman–Crippen MR) is 74.9 cm³/mol. The van der Waals surface area contributed by atoms with Crippen molar-refractivity contribution < 1.29 is 24.2 Å². The minimum atomic E-state index is -1.16. The number of imide groups is 1. The van der Waals surface area contributed by atoms with Crippen molar-refractivity contribution in [2.24, 2.45) is 0 Å². The van der Waals surface area contributed by atoms with Crippen molar-refractivity contribution in [3.8, 4) is 0 Å². The quantitative estimate of drug-likeness (QED) is 0.600. The number of hydrogen-bond donors (Lipinski definition) is 3. The third kappa shape index (κ3) is 7.62. The van der Waals surface area contributed by atoms with E-state index in [1.54, 1.807) is 0 Å².